The van der Waals surface area contributed by atoms with Gasteiger partial charge in [-0.2, -0.15) is 0 Å². The Kier molecular flexibility index (Phi) is 2.18. The number of hydrogen-bond acceptors (Lipinski definition) is 1. The van der Waals surface area contributed by atoms with Crippen LogP contribution >= 0.6 is 22.9 Å². The molecule has 1 unspecified atom stereocenters. The molecule has 1 aromatic heterocycles. The number of hydrogen-bond donors (Lipinski definition) is 0. The topological polar surface area (TPSA) is 0 Å². The minimum Gasteiger partial charge on any atom is -0.149 e. The Hall–Kier alpha value is -0.0100. The van der Waals surface area contributed by atoms with Gasteiger partial charge in [-0.25, -0.2) is 0 Å². The molecule has 0 aliphatic heterocycles. The van der Waals surface area contributed by atoms with E-state index in [2.05, 4.69) is 24.4 Å². The summed E-state index contributed by atoms with van der Waals surface area (Å²) in [5.74, 6) is 0. The third-order valence-electron chi connectivity index (χ3n) is 2.84. The Balaban J connectivity index is 2.04. The van der Waals surface area contributed by atoms with Gasteiger partial charge in [0.1, 0.15) is 0 Å². The van der Waals surface area contributed by atoms with Gasteiger partial charge in [-0.05, 0) is 43.0 Å². The second-order valence-corrected chi connectivity index (χ2v) is 5.42. The van der Waals surface area contributed by atoms with Crippen molar-refractivity contribution in [2.45, 2.75) is 31.6 Å². The summed E-state index contributed by atoms with van der Waals surface area (Å²) in [4.78, 5) is 1.49. The number of thiophene rings is 1. The fourth-order valence-electron chi connectivity index (χ4n) is 1.64. The van der Waals surface area contributed by atoms with Gasteiger partial charge in [-0.15, -0.1) is 22.9 Å². The van der Waals surface area contributed by atoms with E-state index in [9.17, 15) is 0 Å². The van der Waals surface area contributed by atoms with Crippen LogP contribution < -0.4 is 0 Å². The number of rotatable bonds is 3. The van der Waals surface area contributed by atoms with Crippen LogP contribution in [0, 0.1) is 5.41 Å². The van der Waals surface area contributed by atoms with Crippen molar-refractivity contribution in [3.05, 3.63) is 22.4 Å². The molecule has 0 nitrogen and oxygen atoms in total. The third kappa shape index (κ3) is 1.53. The van der Waals surface area contributed by atoms with Gasteiger partial charge in [0.15, 0.2) is 0 Å². The predicted molar refractivity (Wildman–Crippen MR) is 55.0 cm³/mol. The van der Waals surface area contributed by atoms with Gasteiger partial charge < -0.3 is 0 Å². The van der Waals surface area contributed by atoms with Crippen molar-refractivity contribution in [3.8, 4) is 0 Å². The van der Waals surface area contributed by atoms with E-state index in [1.54, 1.807) is 0 Å². The van der Waals surface area contributed by atoms with Crippen molar-refractivity contribution in [3.63, 3.8) is 0 Å². The summed E-state index contributed by atoms with van der Waals surface area (Å²) in [5, 5.41) is 2.48. The normalized spacial score (nSPS) is 22.2. The van der Waals surface area contributed by atoms with Gasteiger partial charge in [0.25, 0.3) is 0 Å². The number of halogens is 1. The lowest BCUT2D eigenvalue weighted by molar-refractivity contribution is 0.501. The Bertz CT molecular complexity index is 247. The molecule has 1 aromatic rings. The summed E-state index contributed by atoms with van der Waals surface area (Å²) in [5.41, 5.74) is 0.451. The van der Waals surface area contributed by atoms with Crippen LogP contribution in [0.25, 0.3) is 0 Å². The van der Waals surface area contributed by atoms with Crippen LogP contribution in [-0.4, -0.2) is 5.38 Å². The first kappa shape index (κ1) is 8.58. The highest BCUT2D eigenvalue weighted by Gasteiger charge is 2.46. The standard InChI is InChI=1S/C10H13ClS/c1-8(11)10(4-5-10)7-9-3-2-6-12-9/h2-3,6,8H,4-5,7H2,1H3. The maximum absolute atomic E-state index is 6.15. The van der Waals surface area contributed by atoms with Gasteiger partial charge in [0, 0.05) is 10.3 Å². The molecule has 0 aromatic carbocycles. The molecule has 1 aliphatic rings. The molecular weight excluding hydrogens is 188 g/mol. The Morgan fingerprint density at radius 2 is 2.42 bits per heavy atom. The van der Waals surface area contributed by atoms with E-state index in [0.29, 0.717) is 10.8 Å². The van der Waals surface area contributed by atoms with Gasteiger partial charge in [0.05, 0.1) is 0 Å². The van der Waals surface area contributed by atoms with Crippen LogP contribution in [0.3, 0.4) is 0 Å². The zero-order valence-corrected chi connectivity index (χ0v) is 8.79. The molecule has 0 radical (unpaired) electrons. The molecule has 1 fully saturated rings. The van der Waals surface area contributed by atoms with E-state index in [0.717, 1.165) is 0 Å². The van der Waals surface area contributed by atoms with E-state index in [4.69, 9.17) is 11.6 Å². The van der Waals surface area contributed by atoms with Crippen LogP contribution in [0.15, 0.2) is 17.5 Å². The first-order valence-electron chi connectivity index (χ1n) is 4.39. The molecule has 66 valence electrons. The lowest BCUT2D eigenvalue weighted by Gasteiger charge is -2.16. The van der Waals surface area contributed by atoms with Crippen LogP contribution in [0.1, 0.15) is 24.6 Å². The summed E-state index contributed by atoms with van der Waals surface area (Å²) in [6.45, 7) is 2.13. The van der Waals surface area contributed by atoms with Crippen molar-refractivity contribution in [1.29, 1.82) is 0 Å². The Labute approximate surface area is 82.6 Å². The fourth-order valence-corrected chi connectivity index (χ4v) is 2.79. The molecule has 1 aliphatic carbocycles. The van der Waals surface area contributed by atoms with Gasteiger partial charge >= 0.3 is 0 Å². The van der Waals surface area contributed by atoms with E-state index >= 15 is 0 Å². The average Bonchev–Trinajstić information content (AvgIpc) is 2.60. The molecular formula is C10H13ClS. The molecule has 0 amide bonds. The smallest absolute Gasteiger partial charge is 0.0367 e. The first-order chi connectivity index (χ1) is 5.73. The monoisotopic (exact) mass is 200 g/mol. The van der Waals surface area contributed by atoms with Crippen molar-refractivity contribution < 1.29 is 0 Å². The van der Waals surface area contributed by atoms with Gasteiger partial charge in [-0.1, -0.05) is 6.07 Å². The van der Waals surface area contributed by atoms with E-state index in [-0.39, 0.29) is 0 Å². The summed E-state index contributed by atoms with van der Waals surface area (Å²) in [7, 11) is 0. The van der Waals surface area contributed by atoms with Crippen LogP contribution in [0.4, 0.5) is 0 Å². The highest BCUT2D eigenvalue weighted by molar-refractivity contribution is 7.09. The Morgan fingerprint density at radius 3 is 2.83 bits per heavy atom. The third-order valence-corrected chi connectivity index (χ3v) is 4.18. The zero-order valence-electron chi connectivity index (χ0n) is 7.22. The van der Waals surface area contributed by atoms with Crippen LogP contribution in [0.5, 0.6) is 0 Å². The lowest BCUT2D eigenvalue weighted by Crippen LogP contribution is -2.14. The van der Waals surface area contributed by atoms with E-state index in [1.165, 1.54) is 24.1 Å². The zero-order chi connectivity index (χ0) is 8.60. The molecule has 0 spiro atoms. The maximum atomic E-state index is 6.15. The molecule has 0 saturated heterocycles. The lowest BCUT2D eigenvalue weighted by atomic mass is 9.98. The molecule has 1 saturated carbocycles. The molecule has 0 N–H and O–H groups in total. The highest BCUT2D eigenvalue weighted by atomic mass is 35.5. The highest BCUT2D eigenvalue weighted by Crippen LogP contribution is 2.53. The van der Waals surface area contributed by atoms with Crippen LogP contribution in [-0.2, 0) is 6.42 Å². The SMILES string of the molecule is CC(Cl)C1(Cc2cccs2)CC1. The number of alkyl halides is 1. The van der Waals surface area contributed by atoms with Crippen LogP contribution in [0.2, 0.25) is 0 Å². The second-order valence-electron chi connectivity index (χ2n) is 3.73. The largest absolute Gasteiger partial charge is 0.149 e. The Morgan fingerprint density at radius 1 is 1.67 bits per heavy atom. The van der Waals surface area contributed by atoms with E-state index in [1.807, 2.05) is 11.3 Å². The van der Waals surface area contributed by atoms with Gasteiger partial charge in [-0.3, -0.25) is 0 Å². The predicted octanol–water partition coefficient (Wildman–Crippen LogP) is 3.70. The first-order valence-corrected chi connectivity index (χ1v) is 5.71. The van der Waals surface area contributed by atoms with Crippen molar-refractivity contribution in [2.75, 3.05) is 0 Å². The van der Waals surface area contributed by atoms with Crippen molar-refractivity contribution in [2.24, 2.45) is 5.41 Å². The van der Waals surface area contributed by atoms with Gasteiger partial charge in [0.2, 0.25) is 0 Å². The minimum absolute atomic E-state index is 0.333. The molecule has 1 atom stereocenters. The minimum atomic E-state index is 0.333. The quantitative estimate of drug-likeness (QED) is 0.653. The molecule has 2 heteroatoms. The van der Waals surface area contributed by atoms with Crippen molar-refractivity contribution >= 4 is 22.9 Å². The fraction of sp³-hybridized carbons (Fsp3) is 0.600. The summed E-state index contributed by atoms with van der Waals surface area (Å²) >= 11 is 8.00. The summed E-state index contributed by atoms with van der Waals surface area (Å²) in [6.07, 6.45) is 3.82. The molecule has 1 heterocycles. The maximum Gasteiger partial charge on any atom is 0.0367 e. The summed E-state index contributed by atoms with van der Waals surface area (Å²) in [6, 6.07) is 4.33. The average molecular weight is 201 g/mol. The molecule has 12 heavy (non-hydrogen) atoms. The second kappa shape index (κ2) is 3.04. The summed E-state index contributed by atoms with van der Waals surface area (Å²) < 4.78 is 0. The van der Waals surface area contributed by atoms with Crippen molar-refractivity contribution in [1.82, 2.24) is 0 Å². The van der Waals surface area contributed by atoms with E-state index < -0.39 is 0 Å². The molecule has 2 rings (SSSR count). The molecule has 0 bridgehead atoms.